The summed E-state index contributed by atoms with van der Waals surface area (Å²) in [5.74, 6) is -0.560. The molecule has 152 valence electrons. The summed E-state index contributed by atoms with van der Waals surface area (Å²) < 4.78 is 10.5. The molecule has 0 saturated carbocycles. The smallest absolute Gasteiger partial charge is 0.407 e. The van der Waals surface area contributed by atoms with Crippen molar-refractivity contribution in [1.29, 1.82) is 0 Å². The first-order valence-electron chi connectivity index (χ1n) is 9.74. The highest BCUT2D eigenvalue weighted by atomic mass is 16.6. The van der Waals surface area contributed by atoms with Crippen LogP contribution in [-0.4, -0.2) is 37.9 Å². The van der Waals surface area contributed by atoms with E-state index < -0.39 is 18.1 Å². The number of benzene rings is 2. The molecule has 3 N–H and O–H groups in total. The molecule has 0 unspecified atom stereocenters. The van der Waals surface area contributed by atoms with Crippen molar-refractivity contribution in [2.24, 2.45) is 5.73 Å². The maximum Gasteiger partial charge on any atom is 0.407 e. The molecule has 6 nitrogen and oxygen atoms in total. The minimum atomic E-state index is -0.797. The molecular formula is C23H26N2O4. The van der Waals surface area contributed by atoms with Crippen molar-refractivity contribution >= 4 is 12.1 Å². The first-order valence-corrected chi connectivity index (χ1v) is 9.74. The van der Waals surface area contributed by atoms with Gasteiger partial charge in [0.05, 0.1) is 0 Å². The Balaban J connectivity index is 1.65. The Morgan fingerprint density at radius 1 is 1.07 bits per heavy atom. The largest absolute Gasteiger partial charge is 0.460 e. The molecule has 1 aliphatic rings. The van der Waals surface area contributed by atoms with Crippen molar-refractivity contribution in [3.05, 3.63) is 72.3 Å². The Kier molecular flexibility index (Phi) is 7.03. The number of nitrogens with one attached hydrogen (secondary N) is 1. The Bertz CT molecular complexity index is 835. The normalized spacial score (nSPS) is 13.1. The lowest BCUT2D eigenvalue weighted by atomic mass is 9.98. The van der Waals surface area contributed by atoms with Crippen molar-refractivity contribution in [2.75, 3.05) is 19.8 Å². The summed E-state index contributed by atoms with van der Waals surface area (Å²) in [4.78, 5) is 24.5. The van der Waals surface area contributed by atoms with Crippen molar-refractivity contribution < 1.29 is 19.1 Å². The number of esters is 1. The first kappa shape index (κ1) is 20.6. The molecule has 0 heterocycles. The fourth-order valence-electron chi connectivity index (χ4n) is 3.59. The van der Waals surface area contributed by atoms with Gasteiger partial charge in [0.25, 0.3) is 0 Å². The van der Waals surface area contributed by atoms with Gasteiger partial charge in [-0.05, 0) is 41.6 Å². The zero-order chi connectivity index (χ0) is 20.6. The number of fused-ring (bicyclic) bond motifs is 3. The van der Waals surface area contributed by atoms with Crippen molar-refractivity contribution in [3.8, 4) is 11.1 Å². The van der Waals surface area contributed by atoms with Crippen molar-refractivity contribution in [2.45, 2.75) is 24.8 Å². The molecule has 0 aliphatic heterocycles. The van der Waals surface area contributed by atoms with Crippen LogP contribution in [0.3, 0.4) is 0 Å². The van der Waals surface area contributed by atoms with Crippen LogP contribution in [0.1, 0.15) is 29.9 Å². The lowest BCUT2D eigenvalue weighted by Gasteiger charge is -2.18. The molecule has 1 atom stereocenters. The zero-order valence-electron chi connectivity index (χ0n) is 16.3. The SMILES string of the molecule is C=CCOC(=O)[C@@H](CCCN)NC(=O)OCC1c2ccccc2-c2ccccc21. The monoisotopic (exact) mass is 394 g/mol. The lowest BCUT2D eigenvalue weighted by Crippen LogP contribution is -2.42. The molecule has 29 heavy (non-hydrogen) atoms. The third-order valence-corrected chi connectivity index (χ3v) is 4.96. The van der Waals surface area contributed by atoms with Gasteiger partial charge >= 0.3 is 12.1 Å². The molecule has 0 radical (unpaired) electrons. The molecule has 3 rings (SSSR count). The van der Waals surface area contributed by atoms with Crippen LogP contribution in [0.4, 0.5) is 4.79 Å². The average molecular weight is 394 g/mol. The number of hydrogen-bond donors (Lipinski definition) is 2. The second-order valence-corrected chi connectivity index (χ2v) is 6.87. The quantitative estimate of drug-likeness (QED) is 0.503. The summed E-state index contributed by atoms with van der Waals surface area (Å²) in [6.45, 7) is 4.20. The van der Waals surface area contributed by atoms with Crippen molar-refractivity contribution in [1.82, 2.24) is 5.32 Å². The molecule has 0 saturated heterocycles. The molecule has 2 aromatic carbocycles. The van der Waals surface area contributed by atoms with Crippen LogP contribution < -0.4 is 11.1 Å². The molecule has 1 aliphatic carbocycles. The number of rotatable bonds is 9. The minimum Gasteiger partial charge on any atom is -0.460 e. The second kappa shape index (κ2) is 9.89. The van der Waals surface area contributed by atoms with Gasteiger partial charge in [0.2, 0.25) is 0 Å². The highest BCUT2D eigenvalue weighted by Gasteiger charge is 2.29. The highest BCUT2D eigenvalue weighted by Crippen LogP contribution is 2.44. The zero-order valence-corrected chi connectivity index (χ0v) is 16.3. The fourth-order valence-corrected chi connectivity index (χ4v) is 3.59. The van der Waals surface area contributed by atoms with Gasteiger partial charge in [-0.1, -0.05) is 61.2 Å². The number of ether oxygens (including phenoxy) is 2. The third-order valence-electron chi connectivity index (χ3n) is 4.96. The van der Waals surface area contributed by atoms with E-state index in [4.69, 9.17) is 15.2 Å². The van der Waals surface area contributed by atoms with Crippen LogP contribution in [-0.2, 0) is 14.3 Å². The van der Waals surface area contributed by atoms with E-state index in [1.165, 1.54) is 6.08 Å². The topological polar surface area (TPSA) is 90.6 Å². The number of carbonyl (C=O) groups is 2. The van der Waals surface area contributed by atoms with Gasteiger partial charge in [0.15, 0.2) is 0 Å². The standard InChI is InChI=1S/C23H26N2O4/c1-2-14-28-22(26)21(12-7-13-24)25-23(27)29-15-20-18-10-5-3-8-16(18)17-9-4-6-11-19(17)20/h2-6,8-11,20-21H,1,7,12-15,24H2,(H,25,27)/t21-/m1/s1. The predicted molar refractivity (Wildman–Crippen MR) is 111 cm³/mol. The Hall–Kier alpha value is -3.12. The van der Waals surface area contributed by atoms with Gasteiger partial charge in [0, 0.05) is 5.92 Å². The lowest BCUT2D eigenvalue weighted by molar-refractivity contribution is -0.145. The molecule has 1 amide bonds. The summed E-state index contributed by atoms with van der Waals surface area (Å²) in [6.07, 6.45) is 1.80. The number of amides is 1. The van der Waals surface area contributed by atoms with Gasteiger partial charge in [-0.3, -0.25) is 0 Å². The van der Waals surface area contributed by atoms with E-state index in [1.54, 1.807) is 0 Å². The maximum atomic E-state index is 12.4. The van der Waals surface area contributed by atoms with Gasteiger partial charge < -0.3 is 20.5 Å². The van der Waals surface area contributed by atoms with Crippen LogP contribution in [0.15, 0.2) is 61.2 Å². The summed E-state index contributed by atoms with van der Waals surface area (Å²) >= 11 is 0. The first-order chi connectivity index (χ1) is 14.2. The maximum absolute atomic E-state index is 12.4. The Morgan fingerprint density at radius 2 is 1.69 bits per heavy atom. The molecular weight excluding hydrogens is 368 g/mol. The number of alkyl carbamates (subject to hydrolysis) is 1. The summed E-state index contributed by atoms with van der Waals surface area (Å²) in [7, 11) is 0. The van der Waals surface area contributed by atoms with Gasteiger partial charge in [-0.25, -0.2) is 9.59 Å². The van der Waals surface area contributed by atoms with E-state index in [9.17, 15) is 9.59 Å². The molecule has 6 heteroatoms. The highest BCUT2D eigenvalue weighted by molar-refractivity contribution is 5.82. The Morgan fingerprint density at radius 3 is 2.28 bits per heavy atom. The number of nitrogens with two attached hydrogens (primary N) is 1. The summed E-state index contributed by atoms with van der Waals surface area (Å²) in [5.41, 5.74) is 10.1. The molecule has 0 bridgehead atoms. The minimum absolute atomic E-state index is 0.0386. The summed E-state index contributed by atoms with van der Waals surface area (Å²) in [6, 6.07) is 15.4. The fraction of sp³-hybridized carbons (Fsp3) is 0.304. The van der Waals surface area contributed by atoms with E-state index in [1.807, 2.05) is 24.3 Å². The van der Waals surface area contributed by atoms with E-state index in [0.717, 1.165) is 22.3 Å². The van der Waals surface area contributed by atoms with Crippen molar-refractivity contribution in [3.63, 3.8) is 0 Å². The molecule has 0 aromatic heterocycles. The summed E-state index contributed by atoms with van der Waals surface area (Å²) in [5, 5.41) is 2.61. The average Bonchev–Trinajstić information content (AvgIpc) is 3.07. The molecule has 0 fully saturated rings. The van der Waals surface area contributed by atoms with Crippen LogP contribution in [0.5, 0.6) is 0 Å². The molecule has 2 aromatic rings. The van der Waals surface area contributed by atoms with Crippen LogP contribution in [0.25, 0.3) is 11.1 Å². The van der Waals surface area contributed by atoms with E-state index in [0.29, 0.717) is 19.4 Å². The van der Waals surface area contributed by atoms with Crippen LogP contribution in [0, 0.1) is 0 Å². The van der Waals surface area contributed by atoms with Crippen LogP contribution >= 0.6 is 0 Å². The van der Waals surface area contributed by atoms with Gasteiger partial charge in [0.1, 0.15) is 19.3 Å². The third kappa shape index (κ3) is 4.84. The van der Waals surface area contributed by atoms with Gasteiger partial charge in [-0.2, -0.15) is 0 Å². The number of hydrogen-bond acceptors (Lipinski definition) is 5. The van der Waals surface area contributed by atoms with E-state index in [2.05, 4.69) is 36.2 Å². The van der Waals surface area contributed by atoms with Crippen LogP contribution in [0.2, 0.25) is 0 Å². The molecule has 0 spiro atoms. The number of carbonyl (C=O) groups excluding carboxylic acids is 2. The predicted octanol–water partition coefficient (Wildman–Crippen LogP) is 3.36. The van der Waals surface area contributed by atoms with Gasteiger partial charge in [-0.15, -0.1) is 0 Å². The van der Waals surface area contributed by atoms with E-state index >= 15 is 0 Å². The second-order valence-electron chi connectivity index (χ2n) is 6.87. The Labute approximate surface area is 170 Å². The van der Waals surface area contributed by atoms with E-state index in [-0.39, 0.29) is 19.1 Å².